The fraction of sp³-hybridized carbons (Fsp3) is 0.348. The fourth-order valence-electron chi connectivity index (χ4n) is 3.53. The van der Waals surface area contributed by atoms with Crippen LogP contribution in [-0.4, -0.2) is 52.9 Å². The Bertz CT molecular complexity index is 1130. The summed E-state index contributed by atoms with van der Waals surface area (Å²) in [7, 11) is -2.10. The highest BCUT2D eigenvalue weighted by molar-refractivity contribution is 7.89. The number of benzene rings is 2. The van der Waals surface area contributed by atoms with Gasteiger partial charge in [-0.2, -0.15) is 0 Å². The zero-order valence-corrected chi connectivity index (χ0v) is 19.9. The van der Waals surface area contributed by atoms with E-state index in [1.807, 2.05) is 0 Å². The van der Waals surface area contributed by atoms with E-state index >= 15 is 0 Å². The summed E-state index contributed by atoms with van der Waals surface area (Å²) in [5, 5.41) is 5.41. The Morgan fingerprint density at radius 3 is 2.26 bits per heavy atom. The van der Waals surface area contributed by atoms with E-state index in [-0.39, 0.29) is 42.1 Å². The second-order valence-electron chi connectivity index (χ2n) is 7.89. The number of nitrogens with one attached hydrogen (secondary N) is 3. The van der Waals surface area contributed by atoms with Crippen LogP contribution in [0.15, 0.2) is 53.4 Å². The molecule has 1 unspecified atom stereocenters. The molecule has 3 rings (SSSR count). The van der Waals surface area contributed by atoms with Gasteiger partial charge in [-0.25, -0.2) is 13.1 Å². The molecule has 0 aromatic heterocycles. The number of sulfonamides is 1. The molecule has 2 aromatic rings. The summed E-state index contributed by atoms with van der Waals surface area (Å²) >= 11 is 0. The van der Waals surface area contributed by atoms with E-state index < -0.39 is 15.9 Å². The van der Waals surface area contributed by atoms with Crippen molar-refractivity contribution in [3.63, 3.8) is 0 Å². The highest BCUT2D eigenvalue weighted by Gasteiger charge is 2.35. The van der Waals surface area contributed by atoms with Crippen molar-refractivity contribution in [2.45, 2.75) is 24.7 Å². The first kappa shape index (κ1) is 25.3. The number of rotatable bonds is 10. The minimum Gasteiger partial charge on any atom is -0.385 e. The zero-order valence-electron chi connectivity index (χ0n) is 19.0. The molecule has 0 aliphatic carbocycles. The van der Waals surface area contributed by atoms with Gasteiger partial charge in [0.1, 0.15) is 0 Å². The topological polar surface area (TPSA) is 134 Å². The van der Waals surface area contributed by atoms with Gasteiger partial charge < -0.3 is 20.3 Å². The summed E-state index contributed by atoms with van der Waals surface area (Å²) in [5.74, 6) is -1.23. The number of hydrogen-bond acceptors (Lipinski definition) is 6. The Kier molecular flexibility index (Phi) is 8.37. The summed E-state index contributed by atoms with van der Waals surface area (Å²) < 4.78 is 32.0. The molecule has 34 heavy (non-hydrogen) atoms. The molecule has 10 nitrogen and oxygen atoms in total. The van der Waals surface area contributed by atoms with Crippen LogP contribution < -0.4 is 20.3 Å². The van der Waals surface area contributed by atoms with E-state index in [9.17, 15) is 22.8 Å². The summed E-state index contributed by atoms with van der Waals surface area (Å²) in [4.78, 5) is 38.0. The van der Waals surface area contributed by atoms with Crippen molar-refractivity contribution in [3.05, 3.63) is 48.5 Å². The maximum atomic E-state index is 12.7. The van der Waals surface area contributed by atoms with Crippen LogP contribution in [0.5, 0.6) is 0 Å². The van der Waals surface area contributed by atoms with Crippen molar-refractivity contribution in [1.29, 1.82) is 0 Å². The van der Waals surface area contributed by atoms with E-state index in [0.717, 1.165) is 0 Å². The third-order valence-electron chi connectivity index (χ3n) is 5.24. The number of methoxy groups -OCH3 is 1. The van der Waals surface area contributed by atoms with Crippen LogP contribution >= 0.6 is 0 Å². The van der Waals surface area contributed by atoms with Gasteiger partial charge in [-0.1, -0.05) is 0 Å². The normalized spacial score (nSPS) is 15.9. The lowest BCUT2D eigenvalue weighted by Gasteiger charge is -2.17. The molecule has 2 aromatic carbocycles. The highest BCUT2D eigenvalue weighted by atomic mass is 32.2. The summed E-state index contributed by atoms with van der Waals surface area (Å²) in [6.45, 7) is 2.35. The van der Waals surface area contributed by atoms with Crippen LogP contribution in [0.2, 0.25) is 0 Å². The van der Waals surface area contributed by atoms with Crippen molar-refractivity contribution in [2.75, 3.05) is 42.3 Å². The van der Waals surface area contributed by atoms with E-state index in [2.05, 4.69) is 15.4 Å². The van der Waals surface area contributed by atoms with Gasteiger partial charge in [0.05, 0.1) is 10.8 Å². The van der Waals surface area contributed by atoms with Crippen LogP contribution in [0.1, 0.15) is 19.8 Å². The molecule has 11 heteroatoms. The van der Waals surface area contributed by atoms with Gasteiger partial charge in [-0.05, 0) is 55.0 Å². The van der Waals surface area contributed by atoms with Crippen molar-refractivity contribution in [2.24, 2.45) is 5.92 Å². The second kappa shape index (κ2) is 11.2. The molecule has 0 spiro atoms. The molecule has 1 aliphatic heterocycles. The maximum absolute atomic E-state index is 12.7. The van der Waals surface area contributed by atoms with Gasteiger partial charge in [0, 0.05) is 57.2 Å². The summed E-state index contributed by atoms with van der Waals surface area (Å²) in [6.07, 6.45) is 0.623. The molecule has 1 heterocycles. The fourth-order valence-corrected chi connectivity index (χ4v) is 4.60. The molecule has 0 radical (unpaired) electrons. The molecule has 1 fully saturated rings. The Hall–Kier alpha value is -3.28. The first-order valence-electron chi connectivity index (χ1n) is 10.8. The van der Waals surface area contributed by atoms with Crippen LogP contribution in [0, 0.1) is 5.92 Å². The van der Waals surface area contributed by atoms with Crippen LogP contribution in [0.4, 0.5) is 17.1 Å². The average molecular weight is 489 g/mol. The highest BCUT2D eigenvalue weighted by Crippen LogP contribution is 2.27. The molecule has 0 bridgehead atoms. The standard InChI is InChI=1S/C23H28N4O6S/c1-16(28)25-18-4-8-20(9-5-18)27-15-17(14-22(27)29)23(30)26-19-6-10-21(11-7-19)34(31,32)24-12-3-13-33-2/h4-11,17,24H,3,12-15H2,1-2H3,(H,25,28)(H,26,30). The number of nitrogens with zero attached hydrogens (tertiary/aromatic N) is 1. The van der Waals surface area contributed by atoms with Gasteiger partial charge >= 0.3 is 0 Å². The van der Waals surface area contributed by atoms with Crippen LogP contribution in [0.3, 0.4) is 0 Å². The van der Waals surface area contributed by atoms with Crippen molar-refractivity contribution in [1.82, 2.24) is 4.72 Å². The second-order valence-corrected chi connectivity index (χ2v) is 9.66. The molecule has 3 N–H and O–H groups in total. The number of amides is 3. The molecule has 1 aliphatic rings. The zero-order chi connectivity index (χ0) is 24.7. The van der Waals surface area contributed by atoms with Gasteiger partial charge in [0.25, 0.3) is 0 Å². The predicted octanol–water partition coefficient (Wildman–Crippen LogP) is 1.95. The number of hydrogen-bond donors (Lipinski definition) is 3. The SMILES string of the molecule is COCCCNS(=O)(=O)c1ccc(NC(=O)C2CC(=O)N(c3ccc(NC(C)=O)cc3)C2)cc1. The van der Waals surface area contributed by atoms with Crippen molar-refractivity contribution in [3.8, 4) is 0 Å². The number of anilines is 3. The molecular weight excluding hydrogens is 460 g/mol. The maximum Gasteiger partial charge on any atom is 0.240 e. The molecule has 0 saturated carbocycles. The van der Waals surface area contributed by atoms with E-state index in [0.29, 0.717) is 30.1 Å². The van der Waals surface area contributed by atoms with E-state index in [4.69, 9.17) is 4.74 Å². The number of ether oxygens (including phenoxy) is 1. The van der Waals surface area contributed by atoms with E-state index in [1.165, 1.54) is 36.1 Å². The lowest BCUT2D eigenvalue weighted by Crippen LogP contribution is -2.28. The minimum absolute atomic E-state index is 0.0666. The first-order chi connectivity index (χ1) is 16.2. The quantitative estimate of drug-likeness (QED) is 0.438. The molecular formula is C23H28N4O6S. The third-order valence-corrected chi connectivity index (χ3v) is 6.72. The smallest absolute Gasteiger partial charge is 0.240 e. The number of carbonyl (C=O) groups excluding carboxylic acids is 3. The first-order valence-corrected chi connectivity index (χ1v) is 12.3. The van der Waals surface area contributed by atoms with E-state index in [1.54, 1.807) is 31.4 Å². The lowest BCUT2D eigenvalue weighted by molar-refractivity contribution is -0.122. The van der Waals surface area contributed by atoms with Crippen molar-refractivity contribution < 1.29 is 27.5 Å². The summed E-state index contributed by atoms with van der Waals surface area (Å²) in [5.41, 5.74) is 1.70. The van der Waals surface area contributed by atoms with Crippen LogP contribution in [0.25, 0.3) is 0 Å². The summed E-state index contributed by atoms with van der Waals surface area (Å²) in [6, 6.07) is 12.7. The lowest BCUT2D eigenvalue weighted by atomic mass is 10.1. The number of carbonyl (C=O) groups is 3. The minimum atomic E-state index is -3.65. The predicted molar refractivity (Wildman–Crippen MR) is 128 cm³/mol. The Labute approximate surface area is 198 Å². The monoisotopic (exact) mass is 488 g/mol. The van der Waals surface area contributed by atoms with Gasteiger partial charge in [0.2, 0.25) is 27.7 Å². The Morgan fingerprint density at radius 2 is 1.65 bits per heavy atom. The van der Waals surface area contributed by atoms with Crippen molar-refractivity contribution >= 4 is 44.8 Å². The van der Waals surface area contributed by atoms with Gasteiger partial charge in [0.15, 0.2) is 0 Å². The molecule has 1 saturated heterocycles. The molecule has 182 valence electrons. The average Bonchev–Trinajstić information content (AvgIpc) is 3.19. The van der Waals surface area contributed by atoms with Crippen LogP contribution in [-0.2, 0) is 29.1 Å². The largest absolute Gasteiger partial charge is 0.385 e. The Balaban J connectivity index is 1.57. The third kappa shape index (κ3) is 6.62. The van der Waals surface area contributed by atoms with Gasteiger partial charge in [-0.3, -0.25) is 14.4 Å². The molecule has 1 atom stereocenters. The molecule has 3 amide bonds. The van der Waals surface area contributed by atoms with Gasteiger partial charge in [-0.15, -0.1) is 0 Å². The Morgan fingerprint density at radius 1 is 1.03 bits per heavy atom.